The average Bonchev–Trinajstić information content (AvgIpc) is 2.93. The molecule has 0 aliphatic carbocycles. The summed E-state index contributed by atoms with van der Waals surface area (Å²) in [4.78, 5) is 8.64. The molecule has 0 saturated heterocycles. The normalized spacial score (nSPS) is 12.7. The van der Waals surface area contributed by atoms with Gasteiger partial charge in [-0.25, -0.2) is 4.98 Å². The van der Waals surface area contributed by atoms with E-state index in [1.807, 2.05) is 41.1 Å². The number of pyridine rings is 1. The third-order valence-electron chi connectivity index (χ3n) is 3.56. The van der Waals surface area contributed by atoms with Crippen LogP contribution in [0.4, 0.5) is 0 Å². The van der Waals surface area contributed by atoms with Gasteiger partial charge in [-0.3, -0.25) is 4.98 Å². The van der Waals surface area contributed by atoms with E-state index < -0.39 is 6.10 Å². The summed E-state index contributed by atoms with van der Waals surface area (Å²) in [5, 5.41) is 11.5. The Morgan fingerprint density at radius 3 is 2.90 bits per heavy atom. The van der Waals surface area contributed by atoms with Crippen LogP contribution in [0.15, 0.2) is 48.9 Å². The molecule has 1 unspecified atom stereocenters. The van der Waals surface area contributed by atoms with Gasteiger partial charge in [0.05, 0.1) is 11.6 Å². The van der Waals surface area contributed by atoms with Gasteiger partial charge in [-0.15, -0.1) is 0 Å². The van der Waals surface area contributed by atoms with Crippen LogP contribution in [0.1, 0.15) is 24.4 Å². The van der Waals surface area contributed by atoms with E-state index >= 15 is 0 Å². The zero-order valence-corrected chi connectivity index (χ0v) is 11.4. The fourth-order valence-electron chi connectivity index (χ4n) is 2.52. The number of aliphatic hydroxyl groups excluding tert-OH is 1. The predicted molar refractivity (Wildman–Crippen MR) is 78.3 cm³/mol. The third-order valence-corrected chi connectivity index (χ3v) is 3.56. The maximum absolute atomic E-state index is 10.5. The van der Waals surface area contributed by atoms with Gasteiger partial charge in [0.15, 0.2) is 0 Å². The minimum Gasteiger partial charge on any atom is -0.388 e. The summed E-state index contributed by atoms with van der Waals surface area (Å²) in [5.74, 6) is 0.904. The highest BCUT2D eigenvalue weighted by molar-refractivity contribution is 5.82. The first-order valence-corrected chi connectivity index (χ1v) is 6.81. The number of fused-ring (bicyclic) bond motifs is 1. The number of aromatic nitrogens is 3. The summed E-state index contributed by atoms with van der Waals surface area (Å²) in [6.45, 7) is 2.93. The number of hydrogen-bond acceptors (Lipinski definition) is 3. The first kappa shape index (κ1) is 12.8. The van der Waals surface area contributed by atoms with Gasteiger partial charge in [0.25, 0.3) is 0 Å². The van der Waals surface area contributed by atoms with Gasteiger partial charge >= 0.3 is 0 Å². The van der Waals surface area contributed by atoms with Gasteiger partial charge in [0.2, 0.25) is 0 Å². The van der Waals surface area contributed by atoms with Crippen LogP contribution in [0.5, 0.6) is 0 Å². The van der Waals surface area contributed by atoms with E-state index in [2.05, 4.69) is 16.9 Å². The number of hydrogen-bond donors (Lipinski definition) is 1. The molecule has 1 aromatic carbocycles. The molecule has 102 valence electrons. The predicted octanol–water partition coefficient (Wildman–Crippen LogP) is 2.73. The number of rotatable bonds is 4. The number of benzene rings is 1. The van der Waals surface area contributed by atoms with Gasteiger partial charge in [-0.1, -0.05) is 18.2 Å². The second-order valence-electron chi connectivity index (χ2n) is 4.77. The Morgan fingerprint density at radius 1 is 1.15 bits per heavy atom. The van der Waals surface area contributed by atoms with Crippen molar-refractivity contribution in [1.82, 2.24) is 14.5 Å². The molecule has 0 spiro atoms. The average molecular weight is 267 g/mol. The summed E-state index contributed by atoms with van der Waals surface area (Å²) in [6, 6.07) is 9.73. The van der Waals surface area contributed by atoms with Crippen LogP contribution in [-0.4, -0.2) is 19.6 Å². The molecule has 3 rings (SSSR count). The smallest absolute Gasteiger partial charge is 0.111 e. The van der Waals surface area contributed by atoms with Crippen LogP contribution in [-0.2, 0) is 13.0 Å². The molecule has 1 N–H and O–H groups in total. The molecule has 0 fully saturated rings. The summed E-state index contributed by atoms with van der Waals surface area (Å²) in [7, 11) is 0. The second kappa shape index (κ2) is 5.43. The fraction of sp³-hybridized carbons (Fsp3) is 0.250. The highest BCUT2D eigenvalue weighted by atomic mass is 16.3. The first-order valence-electron chi connectivity index (χ1n) is 6.81. The minimum absolute atomic E-state index is 0.509. The number of imidazole rings is 1. The minimum atomic E-state index is -0.574. The van der Waals surface area contributed by atoms with Gasteiger partial charge < -0.3 is 9.67 Å². The molecule has 2 aromatic heterocycles. The standard InChI is InChI=1S/C16H17N3O/c1-2-19-10-9-18-16(19)11-15(20)13-5-3-7-14-12(13)6-4-8-17-14/h3-10,15,20H,2,11H2,1H3. The van der Waals surface area contributed by atoms with E-state index in [4.69, 9.17) is 0 Å². The largest absolute Gasteiger partial charge is 0.388 e. The van der Waals surface area contributed by atoms with Crippen LogP contribution in [0, 0.1) is 0 Å². The van der Waals surface area contributed by atoms with E-state index in [1.54, 1.807) is 12.4 Å². The Bertz CT molecular complexity index is 715. The van der Waals surface area contributed by atoms with Crippen LogP contribution in [0.3, 0.4) is 0 Å². The van der Waals surface area contributed by atoms with Crippen LogP contribution in [0.25, 0.3) is 10.9 Å². The lowest BCUT2D eigenvalue weighted by Crippen LogP contribution is -2.08. The van der Waals surface area contributed by atoms with E-state index in [1.165, 1.54) is 0 Å². The van der Waals surface area contributed by atoms with Gasteiger partial charge in [-0.05, 0) is 24.6 Å². The van der Waals surface area contributed by atoms with Gasteiger partial charge in [-0.2, -0.15) is 0 Å². The first-order chi connectivity index (χ1) is 9.79. The summed E-state index contributed by atoms with van der Waals surface area (Å²) >= 11 is 0. The lowest BCUT2D eigenvalue weighted by Gasteiger charge is -2.14. The molecule has 0 amide bonds. The molecule has 4 nitrogen and oxygen atoms in total. The SMILES string of the molecule is CCn1ccnc1CC(O)c1cccc2ncccc12. The molecule has 3 aromatic rings. The van der Waals surface area contributed by atoms with Gasteiger partial charge in [0.1, 0.15) is 5.82 Å². The number of nitrogens with zero attached hydrogens (tertiary/aromatic N) is 3. The Labute approximate surface area is 117 Å². The van der Waals surface area contributed by atoms with Gasteiger partial charge in [0, 0.05) is 36.9 Å². The highest BCUT2D eigenvalue weighted by Crippen LogP contribution is 2.25. The molecule has 0 saturated carbocycles. The summed E-state index contributed by atoms with van der Waals surface area (Å²) in [5.41, 5.74) is 1.81. The lowest BCUT2D eigenvalue weighted by atomic mass is 10.0. The van der Waals surface area contributed by atoms with Crippen molar-refractivity contribution in [2.75, 3.05) is 0 Å². The molecule has 0 bridgehead atoms. The lowest BCUT2D eigenvalue weighted by molar-refractivity contribution is 0.176. The van der Waals surface area contributed by atoms with Crippen molar-refractivity contribution >= 4 is 10.9 Å². The number of aryl methyl sites for hydroxylation is 1. The third kappa shape index (κ3) is 2.30. The Balaban J connectivity index is 1.95. The molecule has 2 heterocycles. The van der Waals surface area contributed by atoms with Crippen LogP contribution < -0.4 is 0 Å². The van der Waals surface area contributed by atoms with Crippen LogP contribution >= 0.6 is 0 Å². The molecule has 20 heavy (non-hydrogen) atoms. The van der Waals surface area contributed by atoms with Crippen molar-refractivity contribution in [2.45, 2.75) is 26.0 Å². The van der Waals surface area contributed by atoms with Crippen molar-refractivity contribution in [3.63, 3.8) is 0 Å². The Morgan fingerprint density at radius 2 is 2.05 bits per heavy atom. The zero-order valence-electron chi connectivity index (χ0n) is 11.4. The fourth-order valence-corrected chi connectivity index (χ4v) is 2.52. The van der Waals surface area contributed by atoms with Crippen molar-refractivity contribution < 1.29 is 5.11 Å². The van der Waals surface area contributed by atoms with Crippen molar-refractivity contribution in [1.29, 1.82) is 0 Å². The van der Waals surface area contributed by atoms with E-state index in [0.717, 1.165) is 28.8 Å². The van der Waals surface area contributed by atoms with Crippen LogP contribution in [0.2, 0.25) is 0 Å². The molecule has 0 aliphatic rings. The summed E-state index contributed by atoms with van der Waals surface area (Å²) < 4.78 is 2.05. The topological polar surface area (TPSA) is 50.9 Å². The molecule has 1 atom stereocenters. The number of aliphatic hydroxyl groups is 1. The zero-order chi connectivity index (χ0) is 13.9. The summed E-state index contributed by atoms with van der Waals surface area (Å²) in [6.07, 6.45) is 5.41. The van der Waals surface area contributed by atoms with Crippen molar-refractivity contribution in [3.8, 4) is 0 Å². The quantitative estimate of drug-likeness (QED) is 0.790. The van der Waals surface area contributed by atoms with Crippen molar-refractivity contribution in [3.05, 3.63) is 60.3 Å². The van der Waals surface area contributed by atoms with Crippen molar-refractivity contribution in [2.24, 2.45) is 0 Å². The highest BCUT2D eigenvalue weighted by Gasteiger charge is 2.14. The van der Waals surface area contributed by atoms with E-state index in [9.17, 15) is 5.11 Å². The van der Waals surface area contributed by atoms with E-state index in [-0.39, 0.29) is 0 Å². The monoisotopic (exact) mass is 267 g/mol. The maximum Gasteiger partial charge on any atom is 0.111 e. The maximum atomic E-state index is 10.5. The molecule has 4 heteroatoms. The molecular weight excluding hydrogens is 250 g/mol. The molecule has 0 aliphatic heterocycles. The Kier molecular flexibility index (Phi) is 3.48. The molecular formula is C16H17N3O. The second-order valence-corrected chi connectivity index (χ2v) is 4.77. The Hall–Kier alpha value is -2.20. The molecule has 0 radical (unpaired) electrons. The van der Waals surface area contributed by atoms with E-state index in [0.29, 0.717) is 6.42 Å².